The molecule has 0 radical (unpaired) electrons. The summed E-state index contributed by atoms with van der Waals surface area (Å²) in [6.45, 7) is 3.60. The minimum absolute atomic E-state index is 0.133. The van der Waals surface area contributed by atoms with E-state index in [1.807, 2.05) is 0 Å². The van der Waals surface area contributed by atoms with Crippen molar-refractivity contribution < 1.29 is 18.3 Å². The molecule has 0 spiro atoms. The van der Waals surface area contributed by atoms with E-state index in [-0.39, 0.29) is 22.3 Å². The topological polar surface area (TPSA) is 38.0 Å². The molecule has 0 aliphatic carbocycles. The molecule has 1 heterocycles. The van der Waals surface area contributed by atoms with E-state index >= 15 is 0 Å². The zero-order valence-corrected chi connectivity index (χ0v) is 12.2. The van der Waals surface area contributed by atoms with Gasteiger partial charge in [0, 0.05) is 6.04 Å². The molecule has 2 rings (SSSR count). The van der Waals surface area contributed by atoms with Gasteiger partial charge in [-0.3, -0.25) is 4.68 Å². The minimum Gasteiger partial charge on any atom is -0.382 e. The van der Waals surface area contributed by atoms with Gasteiger partial charge in [0.2, 0.25) is 0 Å². The SMILES string of the molecule is CC(C)n1ncc(Cl)c1C(O)c1ccccc1C(F)(F)F. The smallest absolute Gasteiger partial charge is 0.382 e. The van der Waals surface area contributed by atoms with Crippen molar-refractivity contribution in [1.29, 1.82) is 0 Å². The Morgan fingerprint density at radius 2 is 1.86 bits per heavy atom. The second-order valence-corrected chi connectivity index (χ2v) is 5.31. The molecule has 1 aromatic heterocycles. The van der Waals surface area contributed by atoms with Gasteiger partial charge in [0.25, 0.3) is 0 Å². The molecular weight excluding hydrogens is 305 g/mol. The Balaban J connectivity index is 2.56. The Morgan fingerprint density at radius 3 is 2.43 bits per heavy atom. The largest absolute Gasteiger partial charge is 0.416 e. The number of hydrogen-bond donors (Lipinski definition) is 1. The normalized spacial score (nSPS) is 13.7. The lowest BCUT2D eigenvalue weighted by molar-refractivity contribution is -0.139. The number of hydrogen-bond acceptors (Lipinski definition) is 2. The van der Waals surface area contributed by atoms with E-state index in [0.717, 1.165) is 6.07 Å². The van der Waals surface area contributed by atoms with Gasteiger partial charge in [-0.15, -0.1) is 0 Å². The summed E-state index contributed by atoms with van der Waals surface area (Å²) >= 11 is 5.98. The van der Waals surface area contributed by atoms with Crippen LogP contribution < -0.4 is 0 Å². The van der Waals surface area contributed by atoms with Gasteiger partial charge < -0.3 is 5.11 Å². The van der Waals surface area contributed by atoms with Crippen molar-refractivity contribution in [2.24, 2.45) is 0 Å². The third kappa shape index (κ3) is 3.06. The second kappa shape index (κ2) is 5.69. The van der Waals surface area contributed by atoms with E-state index in [2.05, 4.69) is 5.10 Å². The van der Waals surface area contributed by atoms with Crippen molar-refractivity contribution in [2.75, 3.05) is 0 Å². The Kier molecular flexibility index (Phi) is 4.30. The molecule has 0 fully saturated rings. The first-order valence-corrected chi connectivity index (χ1v) is 6.68. The number of rotatable bonds is 3. The zero-order chi connectivity index (χ0) is 15.8. The first kappa shape index (κ1) is 15.9. The molecule has 114 valence electrons. The first-order valence-electron chi connectivity index (χ1n) is 6.30. The highest BCUT2D eigenvalue weighted by molar-refractivity contribution is 6.31. The maximum atomic E-state index is 13.0. The molecule has 0 saturated heterocycles. The molecule has 1 unspecified atom stereocenters. The maximum Gasteiger partial charge on any atom is 0.416 e. The summed E-state index contributed by atoms with van der Waals surface area (Å²) in [5, 5.41) is 14.5. The fourth-order valence-electron chi connectivity index (χ4n) is 2.16. The third-order valence-electron chi connectivity index (χ3n) is 3.10. The standard InChI is InChI=1S/C14H14ClF3N2O/c1-8(2)20-12(11(15)7-19-20)13(21)9-5-3-4-6-10(9)14(16,17)18/h3-8,13,21H,1-2H3. The van der Waals surface area contributed by atoms with Crippen LogP contribution in [0.25, 0.3) is 0 Å². The Morgan fingerprint density at radius 1 is 1.24 bits per heavy atom. The van der Waals surface area contributed by atoms with Gasteiger partial charge in [-0.1, -0.05) is 29.8 Å². The number of aliphatic hydroxyl groups excluding tert-OH is 1. The van der Waals surface area contributed by atoms with Crippen molar-refractivity contribution in [1.82, 2.24) is 9.78 Å². The van der Waals surface area contributed by atoms with Crippen molar-refractivity contribution in [2.45, 2.75) is 32.2 Å². The average molecular weight is 319 g/mol. The lowest BCUT2D eigenvalue weighted by atomic mass is 9.99. The first-order chi connectivity index (χ1) is 9.73. The van der Waals surface area contributed by atoms with Gasteiger partial charge in [0.1, 0.15) is 6.10 Å². The zero-order valence-electron chi connectivity index (χ0n) is 11.4. The van der Waals surface area contributed by atoms with Crippen LogP contribution in [0.3, 0.4) is 0 Å². The fourth-order valence-corrected chi connectivity index (χ4v) is 2.39. The van der Waals surface area contributed by atoms with Crippen LogP contribution in [0.4, 0.5) is 13.2 Å². The fraction of sp³-hybridized carbons (Fsp3) is 0.357. The lowest BCUT2D eigenvalue weighted by Crippen LogP contribution is -2.17. The molecule has 3 nitrogen and oxygen atoms in total. The molecule has 1 N–H and O–H groups in total. The highest BCUT2D eigenvalue weighted by Crippen LogP contribution is 2.38. The molecule has 1 atom stereocenters. The summed E-state index contributed by atoms with van der Waals surface area (Å²) in [4.78, 5) is 0. The van der Waals surface area contributed by atoms with Gasteiger partial charge in [0.05, 0.1) is 22.5 Å². The van der Waals surface area contributed by atoms with Crippen LogP contribution in [0.15, 0.2) is 30.5 Å². The molecule has 0 aliphatic rings. The van der Waals surface area contributed by atoms with Crippen molar-refractivity contribution in [3.8, 4) is 0 Å². The van der Waals surface area contributed by atoms with Crippen LogP contribution in [0.5, 0.6) is 0 Å². The quantitative estimate of drug-likeness (QED) is 0.920. The highest BCUT2D eigenvalue weighted by atomic mass is 35.5. The lowest BCUT2D eigenvalue weighted by Gasteiger charge is -2.20. The summed E-state index contributed by atoms with van der Waals surface area (Å²) < 4.78 is 40.5. The summed E-state index contributed by atoms with van der Waals surface area (Å²) in [6.07, 6.45) is -4.73. The number of benzene rings is 1. The molecule has 0 amide bonds. The third-order valence-corrected chi connectivity index (χ3v) is 3.39. The predicted molar refractivity (Wildman–Crippen MR) is 73.1 cm³/mol. The maximum absolute atomic E-state index is 13.0. The predicted octanol–water partition coefficient (Wildman–Crippen LogP) is 4.22. The number of nitrogens with zero attached hydrogens (tertiary/aromatic N) is 2. The van der Waals surface area contributed by atoms with E-state index in [0.29, 0.717) is 0 Å². The van der Waals surface area contributed by atoms with Crippen LogP contribution in [-0.4, -0.2) is 14.9 Å². The van der Waals surface area contributed by atoms with Gasteiger partial charge in [-0.2, -0.15) is 18.3 Å². The van der Waals surface area contributed by atoms with Crippen molar-refractivity contribution >= 4 is 11.6 Å². The van der Waals surface area contributed by atoms with Crippen LogP contribution in [0, 0.1) is 0 Å². The van der Waals surface area contributed by atoms with Gasteiger partial charge in [0.15, 0.2) is 0 Å². The molecular formula is C14H14ClF3N2O. The summed E-state index contributed by atoms with van der Waals surface area (Å²) in [7, 11) is 0. The van der Waals surface area contributed by atoms with Crippen LogP contribution in [0.1, 0.15) is 42.8 Å². The van der Waals surface area contributed by atoms with Gasteiger partial charge in [-0.25, -0.2) is 0 Å². The van der Waals surface area contributed by atoms with Crippen molar-refractivity contribution in [3.63, 3.8) is 0 Å². The molecule has 0 aliphatic heterocycles. The van der Waals surface area contributed by atoms with Gasteiger partial charge >= 0.3 is 6.18 Å². The van der Waals surface area contributed by atoms with E-state index < -0.39 is 17.8 Å². The van der Waals surface area contributed by atoms with E-state index in [9.17, 15) is 18.3 Å². The number of aromatic nitrogens is 2. The Hall–Kier alpha value is -1.53. The summed E-state index contributed by atoms with van der Waals surface area (Å²) in [5.74, 6) is 0. The van der Waals surface area contributed by atoms with E-state index in [4.69, 9.17) is 11.6 Å². The summed E-state index contributed by atoms with van der Waals surface area (Å²) in [5.41, 5.74) is -0.970. The molecule has 0 bridgehead atoms. The van der Waals surface area contributed by atoms with E-state index in [1.54, 1.807) is 13.8 Å². The molecule has 21 heavy (non-hydrogen) atoms. The van der Waals surface area contributed by atoms with Gasteiger partial charge in [-0.05, 0) is 25.5 Å². The highest BCUT2D eigenvalue weighted by Gasteiger charge is 2.36. The minimum atomic E-state index is -4.55. The van der Waals surface area contributed by atoms with Crippen LogP contribution >= 0.6 is 11.6 Å². The number of alkyl halides is 3. The van der Waals surface area contributed by atoms with Crippen molar-refractivity contribution in [3.05, 3.63) is 52.3 Å². The molecule has 2 aromatic rings. The van der Waals surface area contributed by atoms with Crippen LogP contribution in [0.2, 0.25) is 5.02 Å². The second-order valence-electron chi connectivity index (χ2n) is 4.90. The molecule has 1 aromatic carbocycles. The molecule has 7 heteroatoms. The molecule has 0 saturated carbocycles. The number of halogens is 4. The summed E-state index contributed by atoms with van der Waals surface area (Å²) in [6, 6.07) is 4.75. The van der Waals surface area contributed by atoms with Crippen LogP contribution in [-0.2, 0) is 6.18 Å². The van der Waals surface area contributed by atoms with E-state index in [1.165, 1.54) is 29.1 Å². The average Bonchev–Trinajstić information content (AvgIpc) is 2.79. The number of aliphatic hydroxyl groups is 1. The monoisotopic (exact) mass is 318 g/mol. The Bertz CT molecular complexity index is 637. The Labute approximate surface area is 125 Å².